The summed E-state index contributed by atoms with van der Waals surface area (Å²) in [6.07, 6.45) is 0. The predicted octanol–water partition coefficient (Wildman–Crippen LogP) is 2.18. The molecule has 1 aromatic carbocycles. The third kappa shape index (κ3) is 3.39. The van der Waals surface area contributed by atoms with Crippen molar-refractivity contribution >= 4 is 11.4 Å². The molecule has 20 heavy (non-hydrogen) atoms. The number of non-ortho nitro benzene ring substituents is 1. The molecule has 1 saturated heterocycles. The van der Waals surface area contributed by atoms with Crippen molar-refractivity contribution in [3.8, 4) is 5.75 Å². The van der Waals surface area contributed by atoms with E-state index in [0.717, 1.165) is 25.3 Å². The van der Waals surface area contributed by atoms with Crippen LogP contribution in [0.4, 0.5) is 11.4 Å². The number of rotatable bonds is 4. The van der Waals surface area contributed by atoms with Crippen molar-refractivity contribution in [1.82, 2.24) is 5.32 Å². The van der Waals surface area contributed by atoms with Gasteiger partial charge in [-0.2, -0.15) is 0 Å². The highest BCUT2D eigenvalue weighted by Crippen LogP contribution is 2.30. The Balaban J connectivity index is 2.32. The van der Waals surface area contributed by atoms with Crippen LogP contribution >= 0.6 is 0 Å². The highest BCUT2D eigenvalue weighted by atomic mass is 16.6. The molecule has 1 N–H and O–H groups in total. The second kappa shape index (κ2) is 5.66. The van der Waals surface area contributed by atoms with Gasteiger partial charge in [-0.1, -0.05) is 0 Å². The first-order valence-corrected chi connectivity index (χ1v) is 6.83. The Bertz CT molecular complexity index is 502. The molecule has 2 rings (SSSR count). The number of nitrogens with zero attached hydrogens (tertiary/aromatic N) is 2. The molecule has 0 aromatic heterocycles. The lowest BCUT2D eigenvalue weighted by atomic mass is 10.0. The molecule has 0 amide bonds. The zero-order valence-electron chi connectivity index (χ0n) is 12.2. The van der Waals surface area contributed by atoms with Crippen LogP contribution in [0.25, 0.3) is 0 Å². The summed E-state index contributed by atoms with van der Waals surface area (Å²) in [6.45, 7) is 9.11. The smallest absolute Gasteiger partial charge is 0.275 e. The van der Waals surface area contributed by atoms with Gasteiger partial charge in [0.2, 0.25) is 0 Å². The Labute approximate surface area is 118 Å². The summed E-state index contributed by atoms with van der Waals surface area (Å²) < 4.78 is 5.43. The van der Waals surface area contributed by atoms with Crippen molar-refractivity contribution in [3.63, 3.8) is 0 Å². The maximum atomic E-state index is 11.0. The van der Waals surface area contributed by atoms with Crippen molar-refractivity contribution in [2.45, 2.75) is 26.3 Å². The molecule has 0 bridgehead atoms. The fourth-order valence-corrected chi connectivity index (χ4v) is 2.47. The Morgan fingerprint density at radius 1 is 1.45 bits per heavy atom. The largest absolute Gasteiger partial charge is 0.494 e. The summed E-state index contributed by atoms with van der Waals surface area (Å²) in [5.41, 5.74) is 0.911. The van der Waals surface area contributed by atoms with Gasteiger partial charge in [-0.05, 0) is 20.8 Å². The Hall–Kier alpha value is -1.82. The molecule has 1 aliphatic heterocycles. The number of anilines is 1. The molecule has 110 valence electrons. The second-order valence-corrected chi connectivity index (χ2v) is 5.61. The SMILES string of the molecule is CCOc1cc(N2CCNC(C)(C)C2)cc([N+](=O)[O-])c1. The van der Waals surface area contributed by atoms with Crippen LogP contribution in [0.3, 0.4) is 0 Å². The fraction of sp³-hybridized carbons (Fsp3) is 0.571. The molecule has 0 radical (unpaired) electrons. The average Bonchev–Trinajstić information content (AvgIpc) is 2.37. The van der Waals surface area contributed by atoms with Crippen LogP contribution in [-0.2, 0) is 0 Å². The van der Waals surface area contributed by atoms with Gasteiger partial charge in [0.15, 0.2) is 0 Å². The normalized spacial score (nSPS) is 17.9. The van der Waals surface area contributed by atoms with Crippen molar-refractivity contribution in [3.05, 3.63) is 28.3 Å². The quantitative estimate of drug-likeness (QED) is 0.676. The van der Waals surface area contributed by atoms with E-state index in [0.29, 0.717) is 12.4 Å². The minimum atomic E-state index is -0.376. The lowest BCUT2D eigenvalue weighted by Crippen LogP contribution is -2.57. The van der Waals surface area contributed by atoms with Crippen LogP contribution in [0.5, 0.6) is 5.75 Å². The summed E-state index contributed by atoms with van der Waals surface area (Å²) in [5, 5.41) is 14.5. The number of hydrogen-bond donors (Lipinski definition) is 1. The van der Waals surface area contributed by atoms with Crippen molar-refractivity contribution < 1.29 is 9.66 Å². The molecule has 6 nitrogen and oxygen atoms in total. The zero-order valence-corrected chi connectivity index (χ0v) is 12.2. The Morgan fingerprint density at radius 2 is 2.20 bits per heavy atom. The molecule has 1 fully saturated rings. The number of hydrogen-bond acceptors (Lipinski definition) is 5. The van der Waals surface area contributed by atoms with Crippen molar-refractivity contribution in [2.24, 2.45) is 0 Å². The van der Waals surface area contributed by atoms with Gasteiger partial charge in [0.05, 0.1) is 17.6 Å². The van der Waals surface area contributed by atoms with E-state index in [1.807, 2.05) is 13.0 Å². The molecule has 6 heteroatoms. The minimum Gasteiger partial charge on any atom is -0.494 e. The van der Waals surface area contributed by atoms with Gasteiger partial charge in [0, 0.05) is 43.0 Å². The molecule has 0 spiro atoms. The average molecular weight is 279 g/mol. The Kier molecular flexibility index (Phi) is 4.13. The van der Waals surface area contributed by atoms with Gasteiger partial charge in [-0.15, -0.1) is 0 Å². The highest BCUT2D eigenvalue weighted by molar-refractivity contribution is 5.58. The number of benzene rings is 1. The molecular formula is C14H21N3O3. The van der Waals surface area contributed by atoms with E-state index in [-0.39, 0.29) is 16.1 Å². The van der Waals surface area contributed by atoms with Crippen molar-refractivity contribution in [2.75, 3.05) is 31.1 Å². The molecule has 0 unspecified atom stereocenters. The number of nitro groups is 1. The van der Waals surface area contributed by atoms with Crippen LogP contribution in [0, 0.1) is 10.1 Å². The maximum Gasteiger partial charge on any atom is 0.275 e. The number of nitro benzene ring substituents is 1. The summed E-state index contributed by atoms with van der Waals surface area (Å²) >= 11 is 0. The first-order chi connectivity index (χ1) is 9.41. The van der Waals surface area contributed by atoms with E-state index in [9.17, 15) is 10.1 Å². The van der Waals surface area contributed by atoms with Crippen LogP contribution < -0.4 is 15.0 Å². The van der Waals surface area contributed by atoms with E-state index in [4.69, 9.17) is 4.74 Å². The standard InChI is InChI=1S/C14H21N3O3/c1-4-20-13-8-11(7-12(9-13)17(18)19)16-6-5-15-14(2,3)10-16/h7-9,15H,4-6,10H2,1-3H3. The predicted molar refractivity (Wildman–Crippen MR) is 78.6 cm³/mol. The van der Waals surface area contributed by atoms with E-state index in [2.05, 4.69) is 24.1 Å². The summed E-state index contributed by atoms with van der Waals surface area (Å²) in [5.74, 6) is 0.549. The molecule has 0 saturated carbocycles. The summed E-state index contributed by atoms with van der Waals surface area (Å²) in [4.78, 5) is 12.8. The highest BCUT2D eigenvalue weighted by Gasteiger charge is 2.27. The Morgan fingerprint density at radius 3 is 2.80 bits per heavy atom. The molecular weight excluding hydrogens is 258 g/mol. The first-order valence-electron chi connectivity index (χ1n) is 6.83. The lowest BCUT2D eigenvalue weighted by molar-refractivity contribution is -0.384. The molecule has 1 aromatic rings. The number of piperazine rings is 1. The lowest BCUT2D eigenvalue weighted by Gasteiger charge is -2.40. The van der Waals surface area contributed by atoms with Crippen molar-refractivity contribution in [1.29, 1.82) is 0 Å². The second-order valence-electron chi connectivity index (χ2n) is 5.61. The van der Waals surface area contributed by atoms with E-state index >= 15 is 0 Å². The van der Waals surface area contributed by atoms with Gasteiger partial charge < -0.3 is 15.0 Å². The summed E-state index contributed by atoms with van der Waals surface area (Å²) in [7, 11) is 0. The molecule has 0 atom stereocenters. The first kappa shape index (κ1) is 14.6. The van der Waals surface area contributed by atoms with E-state index < -0.39 is 0 Å². The van der Waals surface area contributed by atoms with Gasteiger partial charge in [0.1, 0.15) is 5.75 Å². The molecule has 1 heterocycles. The molecule has 0 aliphatic carbocycles. The number of nitrogens with one attached hydrogen (secondary N) is 1. The van der Waals surface area contributed by atoms with Crippen LogP contribution in [0.2, 0.25) is 0 Å². The monoisotopic (exact) mass is 279 g/mol. The third-order valence-corrected chi connectivity index (χ3v) is 3.33. The minimum absolute atomic E-state index is 0.00531. The zero-order chi connectivity index (χ0) is 14.8. The van der Waals surface area contributed by atoms with Crippen LogP contribution in [0.1, 0.15) is 20.8 Å². The summed E-state index contributed by atoms with van der Waals surface area (Å²) in [6, 6.07) is 4.96. The topological polar surface area (TPSA) is 67.6 Å². The fourth-order valence-electron chi connectivity index (χ4n) is 2.47. The van der Waals surface area contributed by atoms with Gasteiger partial charge in [0.25, 0.3) is 5.69 Å². The molecule has 1 aliphatic rings. The van der Waals surface area contributed by atoms with Gasteiger partial charge in [-0.25, -0.2) is 0 Å². The van der Waals surface area contributed by atoms with E-state index in [1.54, 1.807) is 6.07 Å². The van der Waals surface area contributed by atoms with Gasteiger partial charge >= 0.3 is 0 Å². The van der Waals surface area contributed by atoms with Crippen LogP contribution in [-0.4, -0.2) is 36.7 Å². The van der Waals surface area contributed by atoms with Gasteiger partial charge in [-0.3, -0.25) is 10.1 Å². The third-order valence-electron chi connectivity index (χ3n) is 3.33. The maximum absolute atomic E-state index is 11.0. The van der Waals surface area contributed by atoms with Crippen LogP contribution in [0.15, 0.2) is 18.2 Å². The van der Waals surface area contributed by atoms with E-state index in [1.165, 1.54) is 6.07 Å². The number of ether oxygens (including phenoxy) is 1.